The van der Waals surface area contributed by atoms with Crippen LogP contribution in [-0.2, 0) is 0 Å². The van der Waals surface area contributed by atoms with Crippen molar-refractivity contribution in [3.8, 4) is 0 Å². The molecule has 142 valence electrons. The van der Waals surface area contributed by atoms with Crippen molar-refractivity contribution in [1.82, 2.24) is 16.0 Å². The number of carbonyl (C=O) groups is 1. The van der Waals surface area contributed by atoms with Crippen molar-refractivity contribution >= 4 is 35.8 Å². The van der Waals surface area contributed by atoms with E-state index in [4.69, 9.17) is 4.42 Å². The van der Waals surface area contributed by atoms with Crippen molar-refractivity contribution in [2.24, 2.45) is 10.9 Å². The molecule has 6 nitrogen and oxygen atoms in total. The summed E-state index contributed by atoms with van der Waals surface area (Å²) in [5.74, 6) is 1.94. The molecule has 1 aliphatic carbocycles. The molecule has 1 amide bonds. The van der Waals surface area contributed by atoms with Crippen molar-refractivity contribution in [2.45, 2.75) is 52.0 Å². The summed E-state index contributed by atoms with van der Waals surface area (Å²) in [6.45, 7) is 5.55. The largest absolute Gasteiger partial charge is 0.459 e. The minimum Gasteiger partial charge on any atom is -0.459 e. The molecule has 0 aliphatic heterocycles. The normalized spacial score (nSPS) is 20.5. The van der Waals surface area contributed by atoms with Crippen LogP contribution in [0.5, 0.6) is 0 Å². The Morgan fingerprint density at radius 2 is 1.92 bits per heavy atom. The molecule has 0 radical (unpaired) electrons. The van der Waals surface area contributed by atoms with Gasteiger partial charge in [-0.3, -0.25) is 9.79 Å². The SMILES string of the molecule is CN=C(NCCCNC(=O)c1occc1C)NC1CCC(C)CC1.I. The van der Waals surface area contributed by atoms with Gasteiger partial charge in [-0.1, -0.05) is 6.92 Å². The van der Waals surface area contributed by atoms with Gasteiger partial charge in [0.1, 0.15) is 0 Å². The number of amides is 1. The number of nitrogens with zero attached hydrogens (tertiary/aromatic N) is 1. The van der Waals surface area contributed by atoms with Crippen LogP contribution in [0.3, 0.4) is 0 Å². The molecule has 1 saturated carbocycles. The lowest BCUT2D eigenvalue weighted by Crippen LogP contribution is -2.45. The molecule has 1 fully saturated rings. The second kappa shape index (κ2) is 11.4. The summed E-state index contributed by atoms with van der Waals surface area (Å²) < 4.78 is 5.17. The first kappa shape index (κ1) is 21.8. The quantitative estimate of drug-likeness (QED) is 0.263. The second-order valence-electron chi connectivity index (χ2n) is 6.64. The summed E-state index contributed by atoms with van der Waals surface area (Å²) in [6, 6.07) is 2.31. The van der Waals surface area contributed by atoms with Crippen LogP contribution >= 0.6 is 24.0 Å². The number of guanidine groups is 1. The number of furan rings is 1. The van der Waals surface area contributed by atoms with Gasteiger partial charge in [-0.15, -0.1) is 24.0 Å². The van der Waals surface area contributed by atoms with Crippen molar-refractivity contribution < 1.29 is 9.21 Å². The molecule has 7 heteroatoms. The lowest BCUT2D eigenvalue weighted by atomic mass is 9.87. The number of hydrogen-bond donors (Lipinski definition) is 3. The molecule has 1 aromatic heterocycles. The summed E-state index contributed by atoms with van der Waals surface area (Å²) in [6.07, 6.45) is 7.35. The molecule has 0 atom stereocenters. The zero-order valence-corrected chi connectivity index (χ0v) is 17.8. The number of nitrogens with one attached hydrogen (secondary N) is 3. The predicted molar refractivity (Wildman–Crippen MR) is 112 cm³/mol. The number of hydrogen-bond acceptors (Lipinski definition) is 3. The van der Waals surface area contributed by atoms with Gasteiger partial charge >= 0.3 is 0 Å². The third-order valence-electron chi connectivity index (χ3n) is 4.58. The van der Waals surface area contributed by atoms with E-state index in [2.05, 4.69) is 27.9 Å². The number of aryl methyl sites for hydroxylation is 1. The Morgan fingerprint density at radius 3 is 2.52 bits per heavy atom. The van der Waals surface area contributed by atoms with E-state index in [9.17, 15) is 4.79 Å². The van der Waals surface area contributed by atoms with E-state index < -0.39 is 0 Å². The Balaban J connectivity index is 0.00000312. The highest BCUT2D eigenvalue weighted by Gasteiger charge is 2.18. The highest BCUT2D eigenvalue weighted by molar-refractivity contribution is 14.0. The Morgan fingerprint density at radius 1 is 1.24 bits per heavy atom. The summed E-state index contributed by atoms with van der Waals surface area (Å²) >= 11 is 0. The minimum atomic E-state index is -0.156. The maximum Gasteiger partial charge on any atom is 0.287 e. The van der Waals surface area contributed by atoms with E-state index in [0.717, 1.165) is 30.4 Å². The Bertz CT molecular complexity index is 551. The van der Waals surface area contributed by atoms with Gasteiger partial charge in [0.25, 0.3) is 5.91 Å². The molecule has 0 unspecified atom stereocenters. The van der Waals surface area contributed by atoms with Crippen molar-refractivity contribution in [1.29, 1.82) is 0 Å². The molecule has 1 aromatic rings. The summed E-state index contributed by atoms with van der Waals surface area (Å²) in [4.78, 5) is 16.2. The fourth-order valence-corrected chi connectivity index (χ4v) is 2.98. The zero-order valence-electron chi connectivity index (χ0n) is 15.4. The molecular formula is C18H31IN4O2. The number of aliphatic imine (C=N–C) groups is 1. The number of halogens is 1. The van der Waals surface area contributed by atoms with Gasteiger partial charge in [0.2, 0.25) is 0 Å². The van der Waals surface area contributed by atoms with E-state index in [-0.39, 0.29) is 29.9 Å². The molecule has 1 heterocycles. The van der Waals surface area contributed by atoms with Gasteiger partial charge in [-0.2, -0.15) is 0 Å². The van der Waals surface area contributed by atoms with Crippen LogP contribution in [0, 0.1) is 12.8 Å². The number of carbonyl (C=O) groups excluding carboxylic acids is 1. The zero-order chi connectivity index (χ0) is 17.4. The first-order valence-corrected chi connectivity index (χ1v) is 8.89. The van der Waals surface area contributed by atoms with Crippen molar-refractivity contribution in [3.05, 3.63) is 23.7 Å². The van der Waals surface area contributed by atoms with Gasteiger partial charge in [-0.25, -0.2) is 0 Å². The molecule has 2 rings (SSSR count). The van der Waals surface area contributed by atoms with Crippen LogP contribution < -0.4 is 16.0 Å². The maximum absolute atomic E-state index is 11.9. The average Bonchev–Trinajstić information content (AvgIpc) is 3.01. The first-order valence-electron chi connectivity index (χ1n) is 8.89. The summed E-state index contributed by atoms with van der Waals surface area (Å²) in [7, 11) is 1.79. The Kier molecular flexibility index (Phi) is 9.92. The highest BCUT2D eigenvalue weighted by Crippen LogP contribution is 2.23. The fourth-order valence-electron chi connectivity index (χ4n) is 2.98. The van der Waals surface area contributed by atoms with Gasteiger partial charge < -0.3 is 20.4 Å². The average molecular weight is 462 g/mol. The molecule has 3 N–H and O–H groups in total. The lowest BCUT2D eigenvalue weighted by Gasteiger charge is -2.28. The summed E-state index contributed by atoms with van der Waals surface area (Å²) in [5.41, 5.74) is 0.858. The monoisotopic (exact) mass is 462 g/mol. The van der Waals surface area contributed by atoms with E-state index in [1.54, 1.807) is 13.1 Å². The Hall–Kier alpha value is -1.25. The molecule has 0 spiro atoms. The molecule has 0 bridgehead atoms. The third-order valence-corrected chi connectivity index (χ3v) is 4.58. The molecule has 25 heavy (non-hydrogen) atoms. The van der Waals surface area contributed by atoms with Crippen LogP contribution in [0.25, 0.3) is 0 Å². The van der Waals surface area contributed by atoms with Gasteiger partial charge in [0.15, 0.2) is 11.7 Å². The van der Waals surface area contributed by atoms with Gasteiger partial charge in [0.05, 0.1) is 6.26 Å². The smallest absolute Gasteiger partial charge is 0.287 e. The number of rotatable bonds is 6. The van der Waals surface area contributed by atoms with E-state index in [0.29, 0.717) is 18.3 Å². The standard InChI is InChI=1S/C18H30N4O2.HI/c1-13-5-7-15(8-6-13)22-18(19-3)21-11-4-10-20-17(23)16-14(2)9-12-24-16;/h9,12-13,15H,4-8,10-11H2,1-3H3,(H,20,23)(H2,19,21,22);1H. The van der Waals surface area contributed by atoms with E-state index in [1.807, 2.05) is 6.92 Å². The van der Waals surface area contributed by atoms with Gasteiger partial charge in [-0.05, 0) is 51.0 Å². The first-order chi connectivity index (χ1) is 11.6. The summed E-state index contributed by atoms with van der Waals surface area (Å²) in [5, 5.41) is 9.68. The Labute approximate surface area is 167 Å². The fraction of sp³-hybridized carbons (Fsp3) is 0.667. The minimum absolute atomic E-state index is 0. The van der Waals surface area contributed by atoms with Crippen molar-refractivity contribution in [3.63, 3.8) is 0 Å². The van der Waals surface area contributed by atoms with Crippen LogP contribution in [0.15, 0.2) is 21.7 Å². The van der Waals surface area contributed by atoms with Crippen LogP contribution in [0.1, 0.15) is 55.1 Å². The molecule has 0 aromatic carbocycles. The van der Waals surface area contributed by atoms with Crippen LogP contribution in [0.4, 0.5) is 0 Å². The maximum atomic E-state index is 11.9. The molecule has 1 aliphatic rings. The predicted octanol–water partition coefficient (Wildman–Crippen LogP) is 3.07. The third kappa shape index (κ3) is 7.25. The highest BCUT2D eigenvalue weighted by atomic mass is 127. The van der Waals surface area contributed by atoms with Crippen molar-refractivity contribution in [2.75, 3.05) is 20.1 Å². The lowest BCUT2D eigenvalue weighted by molar-refractivity contribution is 0.0925. The topological polar surface area (TPSA) is 78.7 Å². The van der Waals surface area contributed by atoms with E-state index in [1.165, 1.54) is 31.9 Å². The van der Waals surface area contributed by atoms with E-state index >= 15 is 0 Å². The molecular weight excluding hydrogens is 431 g/mol. The van der Waals surface area contributed by atoms with Crippen LogP contribution in [-0.4, -0.2) is 38.0 Å². The molecule has 0 saturated heterocycles. The van der Waals surface area contributed by atoms with Gasteiger partial charge in [0, 0.05) is 31.7 Å². The second-order valence-corrected chi connectivity index (χ2v) is 6.64. The van der Waals surface area contributed by atoms with Crippen LogP contribution in [0.2, 0.25) is 0 Å².